The van der Waals surface area contributed by atoms with Crippen LogP contribution in [0.4, 0.5) is 0 Å². The fourth-order valence-electron chi connectivity index (χ4n) is 3.37. The van der Waals surface area contributed by atoms with E-state index in [0.29, 0.717) is 5.75 Å². The third-order valence-corrected chi connectivity index (χ3v) is 6.34. The monoisotopic (exact) mass is 563 g/mol. The van der Waals surface area contributed by atoms with Crippen molar-refractivity contribution in [1.29, 1.82) is 0 Å². The lowest BCUT2D eigenvalue weighted by atomic mass is 9.98. The molecule has 0 aliphatic carbocycles. The first-order chi connectivity index (χ1) is 13.5. The number of quaternary nitrogens is 1. The van der Waals surface area contributed by atoms with Gasteiger partial charge >= 0.3 is 0 Å². The first-order valence-electron chi connectivity index (χ1n) is 8.83. The van der Waals surface area contributed by atoms with Gasteiger partial charge in [0, 0.05) is 30.8 Å². The van der Waals surface area contributed by atoms with Crippen LogP contribution in [0.3, 0.4) is 0 Å². The van der Waals surface area contributed by atoms with Crippen LogP contribution in [0.2, 0.25) is 0 Å². The second-order valence-electron chi connectivity index (χ2n) is 6.68. The van der Waals surface area contributed by atoms with Crippen molar-refractivity contribution >= 4 is 53.5 Å². The van der Waals surface area contributed by atoms with Crippen molar-refractivity contribution in [2.45, 2.75) is 12.2 Å². The van der Waals surface area contributed by atoms with Crippen LogP contribution in [-0.4, -0.2) is 5.11 Å². The van der Waals surface area contributed by atoms with Gasteiger partial charge in [-0.3, -0.25) is 0 Å². The Labute approximate surface area is 189 Å². The van der Waals surface area contributed by atoms with Crippen LogP contribution in [0.15, 0.2) is 86.2 Å². The number of aromatic hydroxyl groups is 1. The van der Waals surface area contributed by atoms with E-state index in [9.17, 15) is 5.11 Å². The summed E-state index contributed by atoms with van der Waals surface area (Å²) < 4.78 is 3.05. The highest BCUT2D eigenvalue weighted by Gasteiger charge is 2.29. The summed E-state index contributed by atoms with van der Waals surface area (Å²) in [7, 11) is 0. The molecule has 0 aromatic heterocycles. The summed E-state index contributed by atoms with van der Waals surface area (Å²) in [6.07, 6.45) is 2.19. The minimum atomic E-state index is -0.0222. The third-order valence-electron chi connectivity index (χ3n) is 4.79. The highest BCUT2D eigenvalue weighted by atomic mass is 79.9. The first-order valence-corrected chi connectivity index (χ1v) is 11.2. The molecule has 28 heavy (non-hydrogen) atoms. The van der Waals surface area contributed by atoms with Crippen molar-refractivity contribution in [2.75, 3.05) is 0 Å². The number of nitrogens with two attached hydrogens (primary N) is 1. The van der Waals surface area contributed by atoms with E-state index in [2.05, 4.69) is 88.8 Å². The molecule has 142 valence electrons. The van der Waals surface area contributed by atoms with Crippen molar-refractivity contribution in [3.63, 3.8) is 0 Å². The maximum absolute atomic E-state index is 10.5. The number of hydrogen-bond acceptors (Lipinski definition) is 2. The Morgan fingerprint density at radius 2 is 1.39 bits per heavy atom. The van der Waals surface area contributed by atoms with Gasteiger partial charge in [-0.2, -0.15) is 0 Å². The molecule has 0 fully saturated rings. The zero-order valence-corrected chi connectivity index (χ0v) is 19.5. The Morgan fingerprint density at radius 1 is 0.786 bits per heavy atom. The van der Waals surface area contributed by atoms with Crippen LogP contribution in [0.1, 0.15) is 28.9 Å². The largest absolute Gasteiger partial charge is 0.507 e. The topological polar surface area (TPSA) is 48.9 Å². The van der Waals surface area contributed by atoms with E-state index in [1.807, 2.05) is 36.4 Å². The van der Waals surface area contributed by atoms with E-state index < -0.39 is 0 Å². The Bertz CT molecular complexity index is 1020. The van der Waals surface area contributed by atoms with Gasteiger partial charge in [-0.25, -0.2) is 0 Å². The molecular weight excluding hydrogens is 548 g/mol. The third kappa shape index (κ3) is 4.35. The second kappa shape index (κ2) is 8.41. The van der Waals surface area contributed by atoms with Gasteiger partial charge in [-0.05, 0) is 60.2 Å². The molecule has 0 bridgehead atoms. The van der Waals surface area contributed by atoms with Gasteiger partial charge < -0.3 is 15.7 Å². The lowest BCUT2D eigenvalue weighted by molar-refractivity contribution is -0.731. The van der Waals surface area contributed by atoms with Crippen LogP contribution < -0.4 is 10.6 Å². The number of rotatable bonds is 3. The van der Waals surface area contributed by atoms with Crippen molar-refractivity contribution < 1.29 is 10.4 Å². The second-order valence-corrected chi connectivity index (χ2v) is 9.43. The predicted molar refractivity (Wildman–Crippen MR) is 123 cm³/mol. The minimum absolute atomic E-state index is 0.0222. The molecule has 0 saturated carbocycles. The number of nitrogens with one attached hydrogen (secondary N) is 1. The SMILES string of the molecule is Oc1ccc(Br)cc1C1C=C(c2ccc(Br)cc2)NC(c2ccc(Br)cc2)[NH2+]1. The van der Waals surface area contributed by atoms with Gasteiger partial charge in [0.2, 0.25) is 0 Å². The molecule has 1 aliphatic heterocycles. The number of halogens is 3. The Balaban J connectivity index is 1.76. The fourth-order valence-corrected chi connectivity index (χ4v) is 4.27. The molecule has 2 unspecified atom stereocenters. The molecule has 6 heteroatoms. The summed E-state index contributed by atoms with van der Waals surface area (Å²) in [4.78, 5) is 0. The zero-order valence-electron chi connectivity index (χ0n) is 14.7. The standard InChI is InChI=1S/C22H17Br3N2O/c23-15-5-1-13(2-6-15)19-12-20(18-11-17(25)9-10-21(18)28)27-22(26-19)14-3-7-16(24)8-4-14/h1-12,20,22,26-28H/p+1. The molecule has 0 radical (unpaired) electrons. The Morgan fingerprint density at radius 3 is 2.07 bits per heavy atom. The van der Waals surface area contributed by atoms with E-state index in [0.717, 1.165) is 30.2 Å². The first kappa shape index (κ1) is 19.7. The van der Waals surface area contributed by atoms with Crippen LogP contribution in [-0.2, 0) is 0 Å². The Kier molecular flexibility index (Phi) is 5.92. The molecule has 1 heterocycles. The number of benzene rings is 3. The number of phenolic OH excluding ortho intramolecular Hbond substituents is 1. The quantitative estimate of drug-likeness (QED) is 0.386. The van der Waals surface area contributed by atoms with Crippen LogP contribution in [0, 0.1) is 0 Å². The van der Waals surface area contributed by atoms with Gasteiger partial charge in [0.05, 0.1) is 5.56 Å². The molecule has 4 rings (SSSR count). The van der Waals surface area contributed by atoms with Crippen LogP contribution in [0.25, 0.3) is 5.70 Å². The van der Waals surface area contributed by atoms with E-state index in [4.69, 9.17) is 0 Å². The van der Waals surface area contributed by atoms with Crippen molar-refractivity contribution in [3.8, 4) is 5.75 Å². The summed E-state index contributed by atoms with van der Waals surface area (Å²) in [5.41, 5.74) is 4.21. The van der Waals surface area contributed by atoms with Gasteiger partial charge in [0.25, 0.3) is 0 Å². The predicted octanol–water partition coefficient (Wildman–Crippen LogP) is 5.63. The minimum Gasteiger partial charge on any atom is -0.507 e. The zero-order chi connectivity index (χ0) is 19.7. The lowest BCUT2D eigenvalue weighted by Gasteiger charge is -2.30. The van der Waals surface area contributed by atoms with E-state index in [1.54, 1.807) is 6.07 Å². The number of hydrogen-bond donors (Lipinski definition) is 3. The highest BCUT2D eigenvalue weighted by Crippen LogP contribution is 2.31. The molecule has 3 aromatic rings. The molecule has 3 nitrogen and oxygen atoms in total. The van der Waals surface area contributed by atoms with E-state index in [1.165, 1.54) is 5.56 Å². The maximum atomic E-state index is 10.5. The van der Waals surface area contributed by atoms with Crippen LogP contribution in [0.5, 0.6) is 5.75 Å². The molecule has 1 aliphatic rings. The summed E-state index contributed by atoms with van der Waals surface area (Å²) in [5.74, 6) is 0.298. The highest BCUT2D eigenvalue weighted by molar-refractivity contribution is 9.11. The van der Waals surface area contributed by atoms with Gasteiger partial charge in [-0.15, -0.1) is 0 Å². The van der Waals surface area contributed by atoms with Crippen molar-refractivity contribution in [1.82, 2.24) is 5.32 Å². The number of phenols is 1. The normalized spacial score (nSPS) is 19.0. The summed E-state index contributed by atoms with van der Waals surface area (Å²) in [6.45, 7) is 0. The molecular formula is C22H18Br3N2O+. The van der Waals surface area contributed by atoms with Gasteiger partial charge in [-0.1, -0.05) is 59.9 Å². The van der Waals surface area contributed by atoms with Crippen molar-refractivity contribution in [3.05, 3.63) is 103 Å². The average molecular weight is 566 g/mol. The summed E-state index contributed by atoms with van der Waals surface area (Å²) >= 11 is 10.5. The average Bonchev–Trinajstić information content (AvgIpc) is 2.70. The molecule has 3 aromatic carbocycles. The smallest absolute Gasteiger partial charge is 0.186 e. The van der Waals surface area contributed by atoms with Gasteiger partial charge in [0.15, 0.2) is 6.17 Å². The fraction of sp³-hybridized carbons (Fsp3) is 0.0909. The van der Waals surface area contributed by atoms with Crippen molar-refractivity contribution in [2.24, 2.45) is 0 Å². The molecule has 2 atom stereocenters. The molecule has 0 saturated heterocycles. The lowest BCUT2D eigenvalue weighted by Crippen LogP contribution is -2.89. The van der Waals surface area contributed by atoms with E-state index >= 15 is 0 Å². The maximum Gasteiger partial charge on any atom is 0.186 e. The summed E-state index contributed by atoms with van der Waals surface area (Å²) in [6, 6.07) is 22.1. The van der Waals surface area contributed by atoms with E-state index in [-0.39, 0.29) is 12.2 Å². The Hall–Kier alpha value is -1.60. The molecule has 0 amide bonds. The summed E-state index contributed by atoms with van der Waals surface area (Å²) in [5, 5.41) is 16.3. The van der Waals surface area contributed by atoms with Gasteiger partial charge in [0.1, 0.15) is 11.8 Å². The molecule has 4 N–H and O–H groups in total. The van der Waals surface area contributed by atoms with Crippen LogP contribution >= 0.6 is 47.8 Å². The molecule has 0 spiro atoms.